The van der Waals surface area contributed by atoms with Crippen molar-refractivity contribution in [2.75, 3.05) is 24.6 Å². The fourth-order valence-corrected chi connectivity index (χ4v) is 2.73. The molecule has 0 bridgehead atoms. The van der Waals surface area contributed by atoms with Crippen molar-refractivity contribution in [3.8, 4) is 0 Å². The SMILES string of the molecule is CCOC(=O)CN(CC)c1ccccc1S(=O)(=O)C(F)F. The van der Waals surface area contributed by atoms with Crippen molar-refractivity contribution in [2.24, 2.45) is 0 Å². The highest BCUT2D eigenvalue weighted by atomic mass is 32.2. The monoisotopic (exact) mass is 321 g/mol. The van der Waals surface area contributed by atoms with E-state index in [1.165, 1.54) is 23.1 Å². The number of likely N-dealkylation sites (N-methyl/N-ethyl adjacent to an activating group) is 1. The lowest BCUT2D eigenvalue weighted by Gasteiger charge is -2.24. The first-order valence-corrected chi connectivity index (χ1v) is 7.90. The summed E-state index contributed by atoms with van der Waals surface area (Å²) in [6, 6.07) is 5.37. The zero-order chi connectivity index (χ0) is 16.0. The normalized spacial score (nSPS) is 11.5. The summed E-state index contributed by atoms with van der Waals surface area (Å²) >= 11 is 0. The molecule has 0 radical (unpaired) electrons. The summed E-state index contributed by atoms with van der Waals surface area (Å²) < 4.78 is 53.6. The third kappa shape index (κ3) is 4.13. The fraction of sp³-hybridized carbons (Fsp3) is 0.462. The molecule has 0 heterocycles. The van der Waals surface area contributed by atoms with Crippen LogP contribution in [0.1, 0.15) is 13.8 Å². The Kier molecular flexibility index (Phi) is 6.07. The van der Waals surface area contributed by atoms with E-state index in [0.29, 0.717) is 0 Å². The standard InChI is InChI=1S/C13H17F2NO4S/c1-3-16(9-12(17)20-4-2)10-7-5-6-8-11(10)21(18,19)13(14)15/h5-8,13H,3-4,9H2,1-2H3. The van der Waals surface area contributed by atoms with Crippen LogP contribution in [0.3, 0.4) is 0 Å². The number of alkyl halides is 2. The number of halogens is 2. The summed E-state index contributed by atoms with van der Waals surface area (Å²) in [4.78, 5) is 12.4. The van der Waals surface area contributed by atoms with Gasteiger partial charge in [0.25, 0.3) is 0 Å². The molecule has 0 unspecified atom stereocenters. The Bertz CT molecular complexity index is 590. The number of benzene rings is 1. The van der Waals surface area contributed by atoms with Gasteiger partial charge in [-0.05, 0) is 26.0 Å². The van der Waals surface area contributed by atoms with E-state index >= 15 is 0 Å². The predicted octanol–water partition coefficient (Wildman–Crippen LogP) is 2.07. The number of rotatable bonds is 7. The molecule has 0 aliphatic carbocycles. The van der Waals surface area contributed by atoms with Gasteiger partial charge in [0, 0.05) is 6.54 Å². The molecule has 0 spiro atoms. The minimum Gasteiger partial charge on any atom is -0.465 e. The average molecular weight is 321 g/mol. The first-order chi connectivity index (χ1) is 9.84. The lowest BCUT2D eigenvalue weighted by atomic mass is 10.3. The number of sulfone groups is 1. The first kappa shape index (κ1) is 17.4. The van der Waals surface area contributed by atoms with Crippen LogP contribution >= 0.6 is 0 Å². The number of ether oxygens (including phenoxy) is 1. The van der Waals surface area contributed by atoms with Crippen molar-refractivity contribution in [3.05, 3.63) is 24.3 Å². The van der Waals surface area contributed by atoms with Crippen LogP contribution in [0, 0.1) is 0 Å². The smallest absolute Gasteiger partial charge is 0.341 e. The second-order valence-corrected chi connectivity index (χ2v) is 5.98. The average Bonchev–Trinajstić information content (AvgIpc) is 2.45. The second kappa shape index (κ2) is 7.35. The van der Waals surface area contributed by atoms with E-state index in [1.807, 2.05) is 0 Å². The third-order valence-corrected chi connectivity index (χ3v) is 4.18. The highest BCUT2D eigenvalue weighted by molar-refractivity contribution is 7.91. The molecule has 0 saturated heterocycles. The molecule has 0 fully saturated rings. The summed E-state index contributed by atoms with van der Waals surface area (Å²) in [6.07, 6.45) is 0. The number of nitrogens with zero attached hydrogens (tertiary/aromatic N) is 1. The molecule has 118 valence electrons. The molecule has 0 amide bonds. The Balaban J connectivity index is 3.20. The summed E-state index contributed by atoms with van der Waals surface area (Å²) in [7, 11) is -4.74. The lowest BCUT2D eigenvalue weighted by molar-refractivity contribution is -0.141. The van der Waals surface area contributed by atoms with Gasteiger partial charge in [-0.25, -0.2) is 8.42 Å². The molecule has 0 aliphatic rings. The van der Waals surface area contributed by atoms with Gasteiger partial charge in [-0.3, -0.25) is 4.79 Å². The molecule has 0 aromatic heterocycles. The minimum atomic E-state index is -4.74. The molecule has 5 nitrogen and oxygen atoms in total. The molecular weight excluding hydrogens is 304 g/mol. The van der Waals surface area contributed by atoms with E-state index in [-0.39, 0.29) is 25.4 Å². The van der Waals surface area contributed by atoms with Crippen LogP contribution in [0.5, 0.6) is 0 Å². The summed E-state index contributed by atoms with van der Waals surface area (Å²) in [5, 5.41) is 0. The molecule has 0 saturated carbocycles. The van der Waals surface area contributed by atoms with Gasteiger partial charge in [0.2, 0.25) is 9.84 Å². The Labute approximate surface area is 122 Å². The third-order valence-electron chi connectivity index (χ3n) is 2.75. The van der Waals surface area contributed by atoms with E-state index in [2.05, 4.69) is 0 Å². The van der Waals surface area contributed by atoms with Crippen molar-refractivity contribution in [2.45, 2.75) is 24.5 Å². The van der Waals surface area contributed by atoms with E-state index in [0.717, 1.165) is 6.07 Å². The quantitative estimate of drug-likeness (QED) is 0.720. The van der Waals surface area contributed by atoms with Gasteiger partial charge in [0.05, 0.1) is 17.2 Å². The van der Waals surface area contributed by atoms with Gasteiger partial charge in [0.1, 0.15) is 6.54 Å². The van der Waals surface area contributed by atoms with Gasteiger partial charge >= 0.3 is 11.7 Å². The molecule has 21 heavy (non-hydrogen) atoms. The van der Waals surface area contributed by atoms with Gasteiger partial charge in [-0.2, -0.15) is 8.78 Å². The molecule has 1 aromatic carbocycles. The van der Waals surface area contributed by atoms with E-state index in [9.17, 15) is 22.0 Å². The zero-order valence-corrected chi connectivity index (χ0v) is 12.6. The fourth-order valence-electron chi connectivity index (χ4n) is 1.78. The van der Waals surface area contributed by atoms with Crippen LogP contribution in [0.4, 0.5) is 14.5 Å². The number of para-hydroxylation sites is 1. The number of anilines is 1. The summed E-state index contributed by atoms with van der Waals surface area (Å²) in [5.74, 6) is -4.07. The number of hydrogen-bond acceptors (Lipinski definition) is 5. The van der Waals surface area contributed by atoms with Crippen LogP contribution in [0.2, 0.25) is 0 Å². The maximum absolute atomic E-state index is 12.7. The summed E-state index contributed by atoms with van der Waals surface area (Å²) in [5.41, 5.74) is 0.0633. The maximum atomic E-state index is 12.7. The van der Waals surface area contributed by atoms with Crippen molar-refractivity contribution < 1.29 is 26.7 Å². The molecule has 1 rings (SSSR count). The Hall–Kier alpha value is -1.70. The van der Waals surface area contributed by atoms with Crippen molar-refractivity contribution in [3.63, 3.8) is 0 Å². The highest BCUT2D eigenvalue weighted by Gasteiger charge is 2.30. The molecule has 1 aromatic rings. The van der Waals surface area contributed by atoms with Gasteiger partial charge in [0.15, 0.2) is 0 Å². The number of carbonyl (C=O) groups excluding carboxylic acids is 1. The first-order valence-electron chi connectivity index (χ1n) is 6.36. The molecule has 8 heteroatoms. The Morgan fingerprint density at radius 1 is 1.29 bits per heavy atom. The van der Waals surface area contributed by atoms with Crippen LogP contribution in [0.25, 0.3) is 0 Å². The van der Waals surface area contributed by atoms with Gasteiger partial charge < -0.3 is 9.64 Å². The van der Waals surface area contributed by atoms with Crippen LogP contribution < -0.4 is 4.90 Å². The number of carbonyl (C=O) groups is 1. The molecule has 0 N–H and O–H groups in total. The largest absolute Gasteiger partial charge is 0.465 e. The molecular formula is C13H17F2NO4S. The van der Waals surface area contributed by atoms with Crippen molar-refractivity contribution in [1.29, 1.82) is 0 Å². The van der Waals surface area contributed by atoms with E-state index in [1.54, 1.807) is 13.8 Å². The van der Waals surface area contributed by atoms with Crippen LogP contribution in [-0.2, 0) is 19.4 Å². The minimum absolute atomic E-state index is 0.0633. The summed E-state index contributed by atoms with van der Waals surface area (Å²) in [6.45, 7) is 3.58. The topological polar surface area (TPSA) is 63.7 Å². The highest BCUT2D eigenvalue weighted by Crippen LogP contribution is 2.28. The van der Waals surface area contributed by atoms with Crippen molar-refractivity contribution >= 4 is 21.5 Å². The van der Waals surface area contributed by atoms with Crippen LogP contribution in [0.15, 0.2) is 29.2 Å². The number of esters is 1. The molecule has 0 aliphatic heterocycles. The number of hydrogen-bond donors (Lipinski definition) is 0. The Morgan fingerprint density at radius 2 is 1.90 bits per heavy atom. The van der Waals surface area contributed by atoms with Gasteiger partial charge in [-0.1, -0.05) is 12.1 Å². The maximum Gasteiger partial charge on any atom is 0.341 e. The second-order valence-electron chi connectivity index (χ2n) is 4.09. The molecule has 0 atom stereocenters. The lowest BCUT2D eigenvalue weighted by Crippen LogP contribution is -2.32. The van der Waals surface area contributed by atoms with Gasteiger partial charge in [-0.15, -0.1) is 0 Å². The van der Waals surface area contributed by atoms with Crippen molar-refractivity contribution in [1.82, 2.24) is 0 Å². The van der Waals surface area contributed by atoms with E-state index in [4.69, 9.17) is 4.74 Å². The predicted molar refractivity (Wildman–Crippen MR) is 74.2 cm³/mol. The van der Waals surface area contributed by atoms with E-state index < -0.39 is 26.5 Å². The van der Waals surface area contributed by atoms with Crippen LogP contribution in [-0.4, -0.2) is 39.8 Å². The Morgan fingerprint density at radius 3 is 2.43 bits per heavy atom. The zero-order valence-electron chi connectivity index (χ0n) is 11.8.